The lowest BCUT2D eigenvalue weighted by molar-refractivity contribution is -0.137. The molecule has 0 aliphatic carbocycles. The van der Waals surface area contributed by atoms with Crippen molar-refractivity contribution in [2.24, 2.45) is 11.7 Å². The van der Waals surface area contributed by atoms with Crippen LogP contribution in [0.15, 0.2) is 18.2 Å². The van der Waals surface area contributed by atoms with Crippen LogP contribution in [-0.2, 0) is 9.59 Å². The highest BCUT2D eigenvalue weighted by Crippen LogP contribution is 2.48. The summed E-state index contributed by atoms with van der Waals surface area (Å²) in [6.45, 7) is 3.17. The largest absolute Gasteiger partial charge is 0.454 e. The smallest absolute Gasteiger partial charge is 0.231 e. The number of ether oxygens (including phenoxy) is 2. The molecule has 0 unspecified atom stereocenters. The molecule has 6 rings (SSSR count). The number of nitrogens with two attached hydrogens (primary N) is 1. The highest BCUT2D eigenvalue weighted by atomic mass is 16.7. The van der Waals surface area contributed by atoms with Crippen molar-refractivity contribution in [1.29, 1.82) is 0 Å². The Hall–Kier alpha value is -2.28. The zero-order chi connectivity index (χ0) is 18.5. The Balaban J connectivity index is 1.45. The Morgan fingerprint density at radius 2 is 1.85 bits per heavy atom. The third-order valence-electron chi connectivity index (χ3n) is 6.72. The van der Waals surface area contributed by atoms with E-state index in [1.54, 1.807) is 0 Å². The molecule has 1 aromatic rings. The average Bonchev–Trinajstić information content (AvgIpc) is 3.32. The van der Waals surface area contributed by atoms with Gasteiger partial charge < -0.3 is 20.1 Å². The molecule has 0 aromatic heterocycles. The molecule has 5 aliphatic rings. The Kier molecular flexibility index (Phi) is 4.00. The number of carbonyl (C=O) groups excluding carboxylic acids is 2. The van der Waals surface area contributed by atoms with E-state index in [9.17, 15) is 9.59 Å². The van der Waals surface area contributed by atoms with Crippen LogP contribution in [0.4, 0.5) is 0 Å². The molecular weight excluding hydrogens is 346 g/mol. The molecule has 7 heteroatoms. The van der Waals surface area contributed by atoms with E-state index in [0.717, 1.165) is 37.4 Å². The molecule has 1 aromatic carbocycles. The number of likely N-dealkylation sites (tertiary alicyclic amines) is 1. The Morgan fingerprint density at radius 1 is 1.07 bits per heavy atom. The molecule has 27 heavy (non-hydrogen) atoms. The lowest BCUT2D eigenvalue weighted by atomic mass is 9.75. The molecule has 0 saturated carbocycles. The van der Waals surface area contributed by atoms with Crippen molar-refractivity contribution in [2.75, 3.05) is 26.4 Å². The fourth-order valence-corrected chi connectivity index (χ4v) is 5.52. The molecule has 2 N–H and O–H groups in total. The number of carbonyl (C=O) groups is 2. The minimum atomic E-state index is -0.416. The second-order valence-electron chi connectivity index (χ2n) is 8.09. The number of nitrogens with zero attached hydrogens (tertiary/aromatic N) is 2. The molecule has 3 atom stereocenters. The first-order chi connectivity index (χ1) is 13.1. The number of amides is 2. The van der Waals surface area contributed by atoms with Crippen LogP contribution >= 0.6 is 0 Å². The van der Waals surface area contributed by atoms with E-state index in [1.807, 2.05) is 11.0 Å². The van der Waals surface area contributed by atoms with Gasteiger partial charge in [-0.05, 0) is 49.5 Å². The zero-order valence-corrected chi connectivity index (χ0v) is 15.3. The van der Waals surface area contributed by atoms with Gasteiger partial charge in [0.15, 0.2) is 11.5 Å². The average molecular weight is 371 g/mol. The van der Waals surface area contributed by atoms with Gasteiger partial charge in [-0.15, -0.1) is 0 Å². The van der Waals surface area contributed by atoms with Gasteiger partial charge in [-0.2, -0.15) is 0 Å². The van der Waals surface area contributed by atoms with Gasteiger partial charge in [0.1, 0.15) is 0 Å². The van der Waals surface area contributed by atoms with E-state index in [-0.39, 0.29) is 37.5 Å². The van der Waals surface area contributed by atoms with E-state index in [0.29, 0.717) is 18.5 Å². The van der Waals surface area contributed by atoms with Gasteiger partial charge in [0.2, 0.25) is 18.6 Å². The Labute approximate surface area is 158 Å². The fourth-order valence-electron chi connectivity index (χ4n) is 5.52. The van der Waals surface area contributed by atoms with Crippen molar-refractivity contribution in [3.63, 3.8) is 0 Å². The van der Waals surface area contributed by atoms with E-state index >= 15 is 0 Å². The minimum absolute atomic E-state index is 0.0563. The van der Waals surface area contributed by atoms with E-state index in [2.05, 4.69) is 17.0 Å². The first-order valence-electron chi connectivity index (χ1n) is 9.83. The van der Waals surface area contributed by atoms with Crippen LogP contribution in [0.1, 0.15) is 37.2 Å². The normalized spacial score (nSPS) is 33.2. The maximum Gasteiger partial charge on any atom is 0.231 e. The van der Waals surface area contributed by atoms with E-state index in [4.69, 9.17) is 15.2 Å². The van der Waals surface area contributed by atoms with Crippen molar-refractivity contribution in [3.8, 4) is 11.5 Å². The maximum absolute atomic E-state index is 12.9. The third-order valence-corrected chi connectivity index (χ3v) is 6.72. The zero-order valence-electron chi connectivity index (χ0n) is 15.3. The van der Waals surface area contributed by atoms with Gasteiger partial charge in [0, 0.05) is 31.3 Å². The molecule has 144 valence electrons. The van der Waals surface area contributed by atoms with Crippen LogP contribution in [0.5, 0.6) is 11.5 Å². The van der Waals surface area contributed by atoms with Crippen molar-refractivity contribution in [3.05, 3.63) is 23.8 Å². The lowest BCUT2D eigenvalue weighted by Gasteiger charge is -2.51. The monoisotopic (exact) mass is 371 g/mol. The predicted molar refractivity (Wildman–Crippen MR) is 97.3 cm³/mol. The molecule has 0 radical (unpaired) electrons. The van der Waals surface area contributed by atoms with Crippen molar-refractivity contribution in [2.45, 2.75) is 43.7 Å². The molecule has 5 aliphatic heterocycles. The molecule has 7 nitrogen and oxygen atoms in total. The van der Waals surface area contributed by atoms with Crippen molar-refractivity contribution >= 4 is 11.8 Å². The molecule has 5 heterocycles. The fraction of sp³-hybridized carbons (Fsp3) is 0.600. The molecular formula is C20H25N3O4. The number of benzene rings is 1. The minimum Gasteiger partial charge on any atom is -0.454 e. The summed E-state index contributed by atoms with van der Waals surface area (Å²) in [5, 5.41) is 0. The first-order valence-corrected chi connectivity index (χ1v) is 9.83. The Morgan fingerprint density at radius 3 is 2.63 bits per heavy atom. The van der Waals surface area contributed by atoms with Gasteiger partial charge in [0.25, 0.3) is 0 Å². The van der Waals surface area contributed by atoms with Crippen LogP contribution in [0.2, 0.25) is 0 Å². The van der Waals surface area contributed by atoms with Crippen LogP contribution in [0.25, 0.3) is 0 Å². The lowest BCUT2D eigenvalue weighted by Crippen LogP contribution is -2.60. The summed E-state index contributed by atoms with van der Waals surface area (Å²) >= 11 is 0. The van der Waals surface area contributed by atoms with Crippen LogP contribution in [-0.4, -0.2) is 60.1 Å². The maximum atomic E-state index is 12.9. The number of primary amides is 1. The van der Waals surface area contributed by atoms with Gasteiger partial charge in [-0.3, -0.25) is 14.5 Å². The van der Waals surface area contributed by atoms with Crippen LogP contribution < -0.4 is 15.2 Å². The van der Waals surface area contributed by atoms with Gasteiger partial charge in [-0.25, -0.2) is 0 Å². The highest BCUT2D eigenvalue weighted by molar-refractivity contribution is 5.83. The summed E-state index contributed by atoms with van der Waals surface area (Å²) < 4.78 is 11.0. The second-order valence-corrected chi connectivity index (χ2v) is 8.09. The second kappa shape index (κ2) is 6.41. The van der Waals surface area contributed by atoms with Crippen LogP contribution in [0, 0.1) is 5.92 Å². The van der Waals surface area contributed by atoms with E-state index in [1.165, 1.54) is 5.56 Å². The summed E-state index contributed by atoms with van der Waals surface area (Å²) in [5.41, 5.74) is 6.46. The summed E-state index contributed by atoms with van der Waals surface area (Å²) in [4.78, 5) is 28.6. The molecule has 2 amide bonds. The third kappa shape index (κ3) is 2.76. The topological polar surface area (TPSA) is 85.1 Å². The van der Waals surface area contributed by atoms with Crippen LogP contribution in [0.3, 0.4) is 0 Å². The van der Waals surface area contributed by atoms with Gasteiger partial charge >= 0.3 is 0 Å². The summed E-state index contributed by atoms with van der Waals surface area (Å²) in [6, 6.07) is 6.74. The SMILES string of the molecule is NC(=O)CCC(=O)N1C[C@H](c2ccc3c(c2)OCO3)[C@@H]2[C@H]1C1CCN2CC1. The number of fused-ring (bicyclic) bond motifs is 3. The number of rotatable bonds is 4. The molecule has 4 saturated heterocycles. The molecule has 2 bridgehead atoms. The van der Waals surface area contributed by atoms with Crippen molar-refractivity contribution in [1.82, 2.24) is 9.80 Å². The van der Waals surface area contributed by atoms with Gasteiger partial charge in [-0.1, -0.05) is 6.07 Å². The standard InChI is InChI=1S/C20H25N3O4/c21-17(24)3-4-18(25)23-10-14(13-1-2-15-16(9-13)27-11-26-15)20-19(23)12-5-7-22(20)8-6-12/h1-2,9,12,14,19-20H,3-8,10-11H2,(H2,21,24)/t14-,19-,20-/m1/s1. The summed E-state index contributed by atoms with van der Waals surface area (Å²) in [5.74, 6) is 2.02. The molecule has 4 fully saturated rings. The number of hydrogen-bond acceptors (Lipinski definition) is 5. The highest BCUT2D eigenvalue weighted by Gasteiger charge is 2.54. The number of hydrogen-bond donors (Lipinski definition) is 1. The van der Waals surface area contributed by atoms with Gasteiger partial charge in [0.05, 0.1) is 6.04 Å². The Bertz CT molecular complexity index is 774. The quantitative estimate of drug-likeness (QED) is 0.856. The molecule has 0 spiro atoms. The first kappa shape index (κ1) is 16.9. The summed E-state index contributed by atoms with van der Waals surface area (Å²) in [7, 11) is 0. The predicted octanol–water partition coefficient (Wildman–Crippen LogP) is 1.07. The number of piperidine rings is 3. The van der Waals surface area contributed by atoms with Crippen molar-refractivity contribution < 1.29 is 19.1 Å². The van der Waals surface area contributed by atoms with E-state index < -0.39 is 5.91 Å². The summed E-state index contributed by atoms with van der Waals surface area (Å²) in [6.07, 6.45) is 2.62.